The van der Waals surface area contributed by atoms with Crippen LogP contribution in [0, 0.1) is 0 Å². The Morgan fingerprint density at radius 2 is 1.64 bits per heavy atom. The first-order chi connectivity index (χ1) is 15.9. The largest absolute Gasteiger partial charge is 0.355 e. The molecule has 0 aromatic heterocycles. The van der Waals surface area contributed by atoms with Gasteiger partial charge in [0.05, 0.1) is 18.0 Å². The molecule has 9 heteroatoms. The Kier molecular flexibility index (Phi) is 7.37. The summed E-state index contributed by atoms with van der Waals surface area (Å²) >= 11 is 7.01. The van der Waals surface area contributed by atoms with E-state index in [1.165, 1.54) is 0 Å². The van der Waals surface area contributed by atoms with Crippen molar-refractivity contribution in [3.05, 3.63) is 95.0 Å². The molecule has 1 N–H and O–H groups in total. The molecule has 33 heavy (non-hydrogen) atoms. The third-order valence-electron chi connectivity index (χ3n) is 5.03. The van der Waals surface area contributed by atoms with Crippen LogP contribution in [-0.4, -0.2) is 31.8 Å². The topological polar surface area (TPSA) is 78.8 Å². The molecule has 0 bridgehead atoms. The number of anilines is 1. The van der Waals surface area contributed by atoms with E-state index in [2.05, 4.69) is 9.71 Å². The quantitative estimate of drug-likeness (QED) is 0.518. The van der Waals surface area contributed by atoms with E-state index in [9.17, 15) is 13.2 Å². The number of carbonyl (C=O) groups is 1. The number of hydrogen-bond acceptors (Lipinski definition) is 5. The van der Waals surface area contributed by atoms with Gasteiger partial charge in [-0.3, -0.25) is 4.79 Å². The summed E-state index contributed by atoms with van der Waals surface area (Å²) in [7, 11) is -3.84. The van der Waals surface area contributed by atoms with Crippen molar-refractivity contribution in [3.8, 4) is 0 Å². The van der Waals surface area contributed by atoms with E-state index in [0.717, 1.165) is 22.9 Å². The van der Waals surface area contributed by atoms with Crippen LogP contribution in [0.4, 0.5) is 5.69 Å². The van der Waals surface area contributed by atoms with Crippen LogP contribution in [0.3, 0.4) is 0 Å². The summed E-state index contributed by atoms with van der Waals surface area (Å²) in [5.41, 5.74) is 2.63. The molecule has 0 saturated heterocycles. The number of nitrogens with zero attached hydrogens (tertiary/aromatic N) is 2. The predicted molar refractivity (Wildman–Crippen MR) is 134 cm³/mol. The van der Waals surface area contributed by atoms with Gasteiger partial charge < -0.3 is 10.2 Å². The van der Waals surface area contributed by atoms with E-state index in [1.54, 1.807) is 24.3 Å². The maximum absolute atomic E-state index is 12.7. The Bertz CT molecular complexity index is 1260. The second kappa shape index (κ2) is 10.4. The number of fused-ring (bicyclic) bond motifs is 1. The van der Waals surface area contributed by atoms with Crippen molar-refractivity contribution >= 4 is 50.1 Å². The molecule has 0 aliphatic carbocycles. The van der Waals surface area contributed by atoms with E-state index in [4.69, 9.17) is 11.6 Å². The number of para-hydroxylation sites is 1. The number of benzene rings is 3. The Hall–Kier alpha value is -2.81. The van der Waals surface area contributed by atoms with Gasteiger partial charge in [0.15, 0.2) is 5.17 Å². The molecule has 3 aromatic rings. The number of amidine groups is 1. The van der Waals surface area contributed by atoms with Crippen molar-refractivity contribution in [1.29, 1.82) is 0 Å². The van der Waals surface area contributed by atoms with E-state index in [0.29, 0.717) is 30.2 Å². The van der Waals surface area contributed by atoms with Gasteiger partial charge in [0.2, 0.25) is 5.91 Å². The van der Waals surface area contributed by atoms with Crippen LogP contribution in [0.5, 0.6) is 0 Å². The van der Waals surface area contributed by atoms with Crippen molar-refractivity contribution in [1.82, 2.24) is 5.32 Å². The average Bonchev–Trinajstić information content (AvgIpc) is 2.82. The molecule has 0 radical (unpaired) electrons. The zero-order valence-corrected chi connectivity index (χ0v) is 20.0. The van der Waals surface area contributed by atoms with Crippen molar-refractivity contribution in [2.24, 2.45) is 4.40 Å². The maximum Gasteiger partial charge on any atom is 0.286 e. The molecule has 1 aliphatic heterocycles. The number of hydrogen-bond donors (Lipinski definition) is 1. The Morgan fingerprint density at radius 3 is 2.39 bits per heavy atom. The third kappa shape index (κ3) is 5.96. The highest BCUT2D eigenvalue weighted by Crippen LogP contribution is 2.35. The molecule has 0 fully saturated rings. The average molecular weight is 500 g/mol. The molecule has 0 unspecified atom stereocenters. The molecule has 6 nitrogen and oxygen atoms in total. The molecule has 1 aliphatic rings. The van der Waals surface area contributed by atoms with Gasteiger partial charge in [0, 0.05) is 11.6 Å². The van der Waals surface area contributed by atoms with Crippen molar-refractivity contribution in [3.63, 3.8) is 0 Å². The van der Waals surface area contributed by atoms with E-state index >= 15 is 0 Å². The van der Waals surface area contributed by atoms with Gasteiger partial charge >= 0.3 is 0 Å². The van der Waals surface area contributed by atoms with Crippen LogP contribution < -0.4 is 10.2 Å². The zero-order chi connectivity index (χ0) is 23.3. The SMILES string of the molecule is O=C(CSC1=NS(=O)(=O)c2ccccc2N1Cc1ccccc1)NCCc1ccc(Cl)cc1. The number of nitrogens with one attached hydrogen (secondary N) is 1. The first kappa shape index (κ1) is 23.4. The molecule has 1 amide bonds. The first-order valence-corrected chi connectivity index (χ1v) is 13.1. The lowest BCUT2D eigenvalue weighted by atomic mass is 10.1. The zero-order valence-electron chi connectivity index (χ0n) is 17.6. The van der Waals surface area contributed by atoms with Crippen LogP contribution in [0.25, 0.3) is 0 Å². The lowest BCUT2D eigenvalue weighted by Gasteiger charge is -2.30. The van der Waals surface area contributed by atoms with E-state index < -0.39 is 10.0 Å². The van der Waals surface area contributed by atoms with Gasteiger partial charge in [0.1, 0.15) is 4.90 Å². The number of amides is 1. The van der Waals surface area contributed by atoms with Gasteiger partial charge in [-0.05, 0) is 41.8 Å². The van der Waals surface area contributed by atoms with Crippen molar-refractivity contribution in [2.75, 3.05) is 17.2 Å². The van der Waals surface area contributed by atoms with Crippen LogP contribution >= 0.6 is 23.4 Å². The van der Waals surface area contributed by atoms with Gasteiger partial charge in [-0.2, -0.15) is 8.42 Å². The fourth-order valence-electron chi connectivity index (χ4n) is 3.40. The highest BCUT2D eigenvalue weighted by molar-refractivity contribution is 8.15. The lowest BCUT2D eigenvalue weighted by Crippen LogP contribution is -2.35. The van der Waals surface area contributed by atoms with Crippen LogP contribution in [0.15, 0.2) is 88.2 Å². The summed E-state index contributed by atoms with van der Waals surface area (Å²) in [6.45, 7) is 0.916. The van der Waals surface area contributed by atoms with Gasteiger partial charge in [0.25, 0.3) is 10.0 Å². The molecule has 1 heterocycles. The molecule has 0 saturated carbocycles. The number of rotatable bonds is 7. The first-order valence-electron chi connectivity index (χ1n) is 10.3. The van der Waals surface area contributed by atoms with Crippen LogP contribution in [0.1, 0.15) is 11.1 Å². The maximum atomic E-state index is 12.7. The number of thioether (sulfide) groups is 1. The fourth-order valence-corrected chi connectivity index (χ4v) is 5.81. The molecular weight excluding hydrogens is 478 g/mol. The summed E-state index contributed by atoms with van der Waals surface area (Å²) in [6, 6.07) is 24.0. The lowest BCUT2D eigenvalue weighted by molar-refractivity contribution is -0.118. The predicted octanol–water partition coefficient (Wildman–Crippen LogP) is 4.50. The summed E-state index contributed by atoms with van der Waals surface area (Å²) < 4.78 is 29.5. The monoisotopic (exact) mass is 499 g/mol. The van der Waals surface area contributed by atoms with E-state index in [-0.39, 0.29) is 21.7 Å². The minimum atomic E-state index is -3.84. The Morgan fingerprint density at radius 1 is 0.939 bits per heavy atom. The second-order valence-electron chi connectivity index (χ2n) is 7.40. The van der Waals surface area contributed by atoms with Crippen molar-refractivity contribution in [2.45, 2.75) is 17.9 Å². The Labute approximate surface area is 202 Å². The Balaban J connectivity index is 1.44. The third-order valence-corrected chi connectivity index (χ3v) is 7.69. The van der Waals surface area contributed by atoms with Gasteiger partial charge in [-0.1, -0.05) is 78.0 Å². The summed E-state index contributed by atoms with van der Waals surface area (Å²) in [5.74, 6) is -0.129. The fraction of sp³-hybridized carbons (Fsp3) is 0.167. The molecule has 0 spiro atoms. The molecular formula is C24H22ClN3O3S2. The second-order valence-corrected chi connectivity index (χ2v) is 10.4. The van der Waals surface area contributed by atoms with Gasteiger partial charge in [-0.15, -0.1) is 4.40 Å². The minimum absolute atomic E-state index is 0.0580. The molecule has 170 valence electrons. The van der Waals surface area contributed by atoms with Crippen LogP contribution in [0.2, 0.25) is 5.02 Å². The smallest absolute Gasteiger partial charge is 0.286 e. The van der Waals surface area contributed by atoms with Gasteiger partial charge in [-0.25, -0.2) is 0 Å². The normalized spacial score (nSPS) is 14.3. The number of sulfonamides is 1. The number of halogens is 1. The summed E-state index contributed by atoms with van der Waals surface area (Å²) in [5, 5.41) is 3.83. The standard InChI is InChI=1S/C24H22ClN3O3S2/c25-20-12-10-18(11-13-20)14-15-26-23(29)17-32-24-27-33(30,31)22-9-5-4-8-21(22)28(24)16-19-6-2-1-3-7-19/h1-13H,14-17H2,(H,26,29). The number of carbonyl (C=O) groups excluding carboxylic acids is 1. The highest BCUT2D eigenvalue weighted by atomic mass is 35.5. The summed E-state index contributed by atoms with van der Waals surface area (Å²) in [6.07, 6.45) is 0.677. The molecule has 4 rings (SSSR count). The van der Waals surface area contributed by atoms with E-state index in [1.807, 2.05) is 59.5 Å². The van der Waals surface area contributed by atoms with Crippen LogP contribution in [-0.2, 0) is 27.8 Å². The summed E-state index contributed by atoms with van der Waals surface area (Å²) in [4.78, 5) is 14.4. The molecule has 3 aromatic carbocycles. The molecule has 0 atom stereocenters. The highest BCUT2D eigenvalue weighted by Gasteiger charge is 2.31. The minimum Gasteiger partial charge on any atom is -0.355 e. The van der Waals surface area contributed by atoms with Crippen molar-refractivity contribution < 1.29 is 13.2 Å².